The van der Waals surface area contributed by atoms with Gasteiger partial charge in [-0.05, 0) is 93.5 Å². The number of anilines is 1. The first-order valence-corrected chi connectivity index (χ1v) is 14.3. The number of hydrogen-bond acceptors (Lipinski definition) is 6. The average molecular weight is 778 g/mol. The molecule has 0 fully saturated rings. The molecule has 0 N–H and O–H groups in total. The Morgan fingerprint density at radius 2 is 1.37 bits per heavy atom. The molecule has 0 saturated carbocycles. The van der Waals surface area contributed by atoms with Crippen molar-refractivity contribution in [2.24, 2.45) is 10.4 Å². The van der Waals surface area contributed by atoms with Crippen molar-refractivity contribution >= 4 is 104 Å². The number of halogens is 4. The van der Waals surface area contributed by atoms with E-state index < -0.39 is 23.3 Å². The van der Waals surface area contributed by atoms with Crippen molar-refractivity contribution in [2.45, 2.75) is 6.10 Å². The molecule has 7 nitrogen and oxygen atoms in total. The third kappa shape index (κ3) is 3.98. The van der Waals surface area contributed by atoms with Crippen LogP contribution < -0.4 is 4.90 Å². The van der Waals surface area contributed by atoms with Gasteiger partial charge in [-0.25, -0.2) is 9.89 Å². The Morgan fingerprint density at radius 3 is 1.87 bits per heavy atom. The molecule has 2 aliphatic rings. The van der Waals surface area contributed by atoms with E-state index in [1.54, 1.807) is 48.5 Å². The van der Waals surface area contributed by atoms with Gasteiger partial charge in [0.25, 0.3) is 11.8 Å². The molecule has 1 unspecified atom stereocenters. The van der Waals surface area contributed by atoms with Gasteiger partial charge in [0, 0.05) is 23.5 Å². The summed E-state index contributed by atoms with van der Waals surface area (Å²) in [6.45, 7) is 0. The quantitative estimate of drug-likeness (QED) is 0.119. The fraction of sp³-hybridized carbons (Fsp3) is 0.0769. The summed E-state index contributed by atoms with van der Waals surface area (Å²) < 4.78 is 8.22. The summed E-state index contributed by atoms with van der Waals surface area (Å²) in [6.07, 6.45) is -0.999. The van der Waals surface area contributed by atoms with Gasteiger partial charge in [0.05, 0.1) is 29.0 Å². The van der Waals surface area contributed by atoms with Crippen molar-refractivity contribution in [3.05, 3.63) is 94.7 Å². The summed E-state index contributed by atoms with van der Waals surface area (Å²) in [7, 11) is 0. The van der Waals surface area contributed by atoms with Gasteiger partial charge in [-0.15, -0.1) is 0 Å². The number of ether oxygens (including phenoxy) is 1. The van der Waals surface area contributed by atoms with Gasteiger partial charge in [0.2, 0.25) is 11.3 Å². The third-order valence-corrected chi connectivity index (χ3v) is 11.3. The number of fused-ring (bicyclic) bond motifs is 1. The number of nitriles is 2. The molecular formula is C26H10Br4N4O3S. The van der Waals surface area contributed by atoms with E-state index in [0.717, 1.165) is 4.90 Å². The van der Waals surface area contributed by atoms with Crippen LogP contribution in [0.1, 0.15) is 37.9 Å². The van der Waals surface area contributed by atoms with Crippen LogP contribution in [0.4, 0.5) is 5.69 Å². The van der Waals surface area contributed by atoms with Crippen LogP contribution in [0.25, 0.3) is 0 Å². The van der Waals surface area contributed by atoms with Crippen LogP contribution in [-0.2, 0) is 4.74 Å². The van der Waals surface area contributed by atoms with Gasteiger partial charge < -0.3 is 4.74 Å². The Hall–Kier alpha value is -2.74. The lowest BCUT2D eigenvalue weighted by atomic mass is 9.80. The van der Waals surface area contributed by atoms with Crippen molar-refractivity contribution in [2.75, 3.05) is 4.90 Å². The maximum Gasteiger partial charge on any atom is 0.267 e. The van der Waals surface area contributed by atoms with E-state index in [4.69, 9.17) is 17.0 Å². The molecule has 0 aliphatic carbocycles. The summed E-state index contributed by atoms with van der Waals surface area (Å²) in [5.74, 6) is -0.844. The van der Waals surface area contributed by atoms with Crippen LogP contribution in [-0.4, -0.2) is 22.7 Å². The highest BCUT2D eigenvalue weighted by molar-refractivity contribution is 9.15. The molecule has 2 amide bonds. The van der Waals surface area contributed by atoms with E-state index in [9.17, 15) is 20.1 Å². The van der Waals surface area contributed by atoms with E-state index in [2.05, 4.69) is 68.7 Å². The number of carbonyl (C=O) groups is 2. The molecular weight excluding hydrogens is 768 g/mol. The van der Waals surface area contributed by atoms with E-state index in [0.29, 0.717) is 34.7 Å². The number of rotatable bonds is 3. The summed E-state index contributed by atoms with van der Waals surface area (Å²) in [5.41, 5.74) is 0.132. The van der Waals surface area contributed by atoms with Gasteiger partial charge in [-0.2, -0.15) is 10.5 Å². The van der Waals surface area contributed by atoms with Gasteiger partial charge in [0.1, 0.15) is 4.99 Å². The molecule has 3 aromatic carbocycles. The number of benzene rings is 3. The highest BCUT2D eigenvalue weighted by Crippen LogP contribution is 2.46. The summed E-state index contributed by atoms with van der Waals surface area (Å²) in [5, 5.41) is 19.7. The Bertz CT molecular complexity index is 1620. The number of nitrogens with zero attached hydrogens (tertiary/aromatic N) is 4. The van der Waals surface area contributed by atoms with Gasteiger partial charge >= 0.3 is 0 Å². The second-order valence-corrected chi connectivity index (χ2v) is 11.7. The summed E-state index contributed by atoms with van der Waals surface area (Å²) in [4.78, 5) is 31.9. The van der Waals surface area contributed by atoms with Gasteiger partial charge in [-0.3, -0.25) is 9.59 Å². The lowest BCUT2D eigenvalue weighted by Gasteiger charge is -2.33. The highest BCUT2D eigenvalue weighted by atomic mass is 79.9. The standard InChI is InChI=1S/C26H10Br4N4O3S/c27-17-15-16(18(28)20(30)19(17)29)24(36)34(23(15)35)14-8-6-13(7-9-14)22-33-25(38)26(10-31,11-32)21(37-22)12-4-2-1-3-5-12/h1-9,21H. The minimum Gasteiger partial charge on any atom is -0.466 e. The van der Waals surface area contributed by atoms with Gasteiger partial charge in [-0.1, -0.05) is 42.5 Å². The molecule has 0 bridgehead atoms. The topological polar surface area (TPSA) is 107 Å². The van der Waals surface area contributed by atoms with Crippen LogP contribution in [0.2, 0.25) is 0 Å². The summed E-state index contributed by atoms with van der Waals surface area (Å²) in [6, 6.07) is 19.3. The molecule has 186 valence electrons. The molecule has 1 atom stereocenters. The largest absolute Gasteiger partial charge is 0.466 e. The maximum absolute atomic E-state index is 13.3. The molecule has 2 aliphatic heterocycles. The second-order valence-electron chi connectivity index (χ2n) is 8.16. The number of imide groups is 1. The van der Waals surface area contributed by atoms with Gasteiger partial charge in [0.15, 0.2) is 6.10 Å². The summed E-state index contributed by atoms with van der Waals surface area (Å²) >= 11 is 19.1. The molecule has 12 heteroatoms. The first kappa shape index (κ1) is 26.9. The van der Waals surface area contributed by atoms with Crippen LogP contribution in [0.15, 0.2) is 77.5 Å². The Kier molecular flexibility index (Phi) is 7.14. The number of thiocarbonyl (C=S) groups is 1. The zero-order chi connectivity index (χ0) is 27.4. The normalized spacial score (nSPS) is 17.8. The smallest absolute Gasteiger partial charge is 0.267 e. The highest BCUT2D eigenvalue weighted by Gasteiger charge is 2.50. The minimum atomic E-state index is -1.77. The monoisotopic (exact) mass is 774 g/mol. The number of carbonyl (C=O) groups excluding carboxylic acids is 2. The number of hydrogen-bond donors (Lipinski definition) is 0. The second kappa shape index (κ2) is 10.1. The maximum atomic E-state index is 13.3. The van der Waals surface area contributed by atoms with E-state index >= 15 is 0 Å². The number of amides is 2. The van der Waals surface area contributed by atoms with Crippen LogP contribution in [0, 0.1) is 28.1 Å². The molecule has 3 aromatic rings. The molecule has 2 heterocycles. The van der Waals surface area contributed by atoms with E-state index in [1.165, 1.54) is 0 Å². The lowest BCUT2D eigenvalue weighted by Crippen LogP contribution is -2.40. The first-order valence-electron chi connectivity index (χ1n) is 10.7. The van der Waals surface area contributed by atoms with E-state index in [-0.39, 0.29) is 22.0 Å². The lowest BCUT2D eigenvalue weighted by molar-refractivity contribution is 0.0925. The predicted molar refractivity (Wildman–Crippen MR) is 158 cm³/mol. The Balaban J connectivity index is 1.51. The molecule has 0 radical (unpaired) electrons. The number of aliphatic imine (C=N–C) groups is 1. The average Bonchev–Trinajstić information content (AvgIpc) is 3.20. The fourth-order valence-corrected chi connectivity index (χ4v) is 6.91. The zero-order valence-corrected chi connectivity index (χ0v) is 25.9. The van der Waals surface area contributed by atoms with Crippen molar-refractivity contribution in [3.8, 4) is 12.1 Å². The van der Waals surface area contributed by atoms with E-state index in [1.807, 2.05) is 18.2 Å². The Morgan fingerprint density at radius 1 is 0.842 bits per heavy atom. The molecule has 0 saturated heterocycles. The van der Waals surface area contributed by atoms with Crippen molar-refractivity contribution in [1.29, 1.82) is 10.5 Å². The van der Waals surface area contributed by atoms with Crippen molar-refractivity contribution < 1.29 is 14.3 Å². The molecule has 0 spiro atoms. The third-order valence-electron chi connectivity index (χ3n) is 6.09. The SMILES string of the molecule is N#CC1(C#N)C(=S)N=C(c2ccc(N3C(=O)c4c(Br)c(Br)c(Br)c(Br)c4C3=O)cc2)OC1c1ccccc1. The van der Waals surface area contributed by atoms with Crippen molar-refractivity contribution in [3.63, 3.8) is 0 Å². The Labute approximate surface area is 255 Å². The fourth-order valence-electron chi connectivity index (χ4n) is 4.17. The molecule has 0 aromatic heterocycles. The predicted octanol–water partition coefficient (Wildman–Crippen LogP) is 7.42. The van der Waals surface area contributed by atoms with Crippen LogP contribution in [0.3, 0.4) is 0 Å². The van der Waals surface area contributed by atoms with Crippen LogP contribution >= 0.6 is 75.9 Å². The molecule has 38 heavy (non-hydrogen) atoms. The minimum absolute atomic E-state index is 0.104. The zero-order valence-electron chi connectivity index (χ0n) is 18.7. The first-order chi connectivity index (χ1) is 18.2. The van der Waals surface area contributed by atoms with Crippen LogP contribution in [0.5, 0.6) is 0 Å². The van der Waals surface area contributed by atoms with Crippen molar-refractivity contribution in [1.82, 2.24) is 0 Å². The molecule has 5 rings (SSSR count).